The molecule has 0 saturated heterocycles. The number of carboxylic acids is 1. The summed E-state index contributed by atoms with van der Waals surface area (Å²) in [5, 5.41) is 9.10. The largest absolute Gasteiger partial charge is 0.481 e. The van der Waals surface area contributed by atoms with Crippen LogP contribution in [0, 0.1) is 0 Å². The number of ketones is 1. The molecule has 1 aliphatic rings. The number of Topliss-reactive ketones (excluding diaryl/α,β-unsaturated/α-hetero) is 1. The summed E-state index contributed by atoms with van der Waals surface area (Å²) in [6.07, 6.45) is 0.263. The lowest BCUT2D eigenvalue weighted by atomic mass is 9.64. The Morgan fingerprint density at radius 2 is 1.79 bits per heavy atom. The zero-order valence-corrected chi connectivity index (χ0v) is 7.56. The van der Waals surface area contributed by atoms with E-state index in [2.05, 4.69) is 0 Å². The van der Waals surface area contributed by atoms with Gasteiger partial charge in [0.05, 0.1) is 0 Å². The average Bonchev–Trinajstić information content (AvgIpc) is 2.13. The molecular weight excluding hydrogens is 180 g/mol. The molecule has 3 nitrogen and oxygen atoms in total. The van der Waals surface area contributed by atoms with Crippen LogP contribution in [0.4, 0.5) is 0 Å². The van der Waals surface area contributed by atoms with E-state index in [1.165, 1.54) is 0 Å². The van der Waals surface area contributed by atoms with Crippen LogP contribution in [0.2, 0.25) is 0 Å². The van der Waals surface area contributed by atoms with Crippen molar-refractivity contribution >= 4 is 11.8 Å². The molecule has 0 amide bonds. The van der Waals surface area contributed by atoms with Crippen molar-refractivity contribution in [3.05, 3.63) is 35.9 Å². The number of benzene rings is 1. The molecule has 0 aliphatic heterocycles. The number of carbonyl (C=O) groups excluding carboxylic acids is 1. The van der Waals surface area contributed by atoms with Gasteiger partial charge in [-0.1, -0.05) is 30.3 Å². The van der Waals surface area contributed by atoms with E-state index in [0.29, 0.717) is 0 Å². The maximum absolute atomic E-state index is 11.1. The highest BCUT2D eigenvalue weighted by molar-refractivity contribution is 6.01. The summed E-state index contributed by atoms with van der Waals surface area (Å²) in [7, 11) is 0. The predicted octanol–water partition coefficient (Wildman–Crippen LogP) is 1.37. The van der Waals surface area contributed by atoms with E-state index in [0.717, 1.165) is 5.56 Å². The Kier molecular flexibility index (Phi) is 1.88. The van der Waals surface area contributed by atoms with Crippen molar-refractivity contribution in [1.82, 2.24) is 0 Å². The van der Waals surface area contributed by atoms with Crippen LogP contribution in [0.25, 0.3) is 0 Å². The van der Waals surface area contributed by atoms with Gasteiger partial charge in [0.1, 0.15) is 11.2 Å². The molecule has 0 radical (unpaired) electrons. The Hall–Kier alpha value is -1.64. The lowest BCUT2D eigenvalue weighted by Gasteiger charge is -2.36. The van der Waals surface area contributed by atoms with Gasteiger partial charge in [-0.3, -0.25) is 9.59 Å². The number of aliphatic carboxylic acids is 1. The van der Waals surface area contributed by atoms with Crippen LogP contribution in [0.1, 0.15) is 18.4 Å². The van der Waals surface area contributed by atoms with Crippen molar-refractivity contribution in [3.8, 4) is 0 Å². The quantitative estimate of drug-likeness (QED) is 0.766. The minimum atomic E-state index is -0.946. The summed E-state index contributed by atoms with van der Waals surface area (Å²) in [6, 6.07) is 8.95. The third-order valence-electron chi connectivity index (χ3n) is 2.73. The van der Waals surface area contributed by atoms with Gasteiger partial charge in [-0.25, -0.2) is 0 Å². The van der Waals surface area contributed by atoms with Crippen molar-refractivity contribution in [3.63, 3.8) is 0 Å². The van der Waals surface area contributed by atoms with Gasteiger partial charge in [0.25, 0.3) is 0 Å². The third kappa shape index (κ3) is 1.13. The van der Waals surface area contributed by atoms with Gasteiger partial charge >= 0.3 is 5.97 Å². The van der Waals surface area contributed by atoms with Crippen LogP contribution in [0.5, 0.6) is 0 Å². The standard InChI is InChI=1S/C11H10O3/c12-9-6-11(7-9,10(13)14)8-4-2-1-3-5-8/h1-5H,6-7H2,(H,13,14). The van der Waals surface area contributed by atoms with E-state index in [-0.39, 0.29) is 18.6 Å². The van der Waals surface area contributed by atoms with Crippen LogP contribution < -0.4 is 0 Å². The number of hydrogen-bond acceptors (Lipinski definition) is 2. The van der Waals surface area contributed by atoms with Crippen LogP contribution in [0.3, 0.4) is 0 Å². The van der Waals surface area contributed by atoms with Crippen LogP contribution in [-0.4, -0.2) is 16.9 Å². The first kappa shape index (κ1) is 8.94. The summed E-state index contributed by atoms with van der Waals surface area (Å²) in [6.45, 7) is 0. The van der Waals surface area contributed by atoms with Crippen molar-refractivity contribution < 1.29 is 14.7 Å². The number of carboxylic acid groups (broad SMARTS) is 1. The summed E-state index contributed by atoms with van der Waals surface area (Å²) < 4.78 is 0. The zero-order chi connectivity index (χ0) is 10.2. The van der Waals surface area contributed by atoms with Crippen LogP contribution >= 0.6 is 0 Å². The van der Waals surface area contributed by atoms with Crippen LogP contribution in [-0.2, 0) is 15.0 Å². The molecule has 0 atom stereocenters. The summed E-state index contributed by atoms with van der Waals surface area (Å²) in [4.78, 5) is 22.0. The van der Waals surface area contributed by atoms with Crippen molar-refractivity contribution in [2.24, 2.45) is 0 Å². The first-order valence-electron chi connectivity index (χ1n) is 4.46. The lowest BCUT2D eigenvalue weighted by Crippen LogP contribution is -2.48. The van der Waals surface area contributed by atoms with Gasteiger partial charge in [-0.2, -0.15) is 0 Å². The molecule has 1 fully saturated rings. The topological polar surface area (TPSA) is 54.4 Å². The maximum Gasteiger partial charge on any atom is 0.315 e. The van der Waals surface area contributed by atoms with Gasteiger partial charge in [-0.05, 0) is 5.56 Å². The Balaban J connectivity index is 2.39. The first-order chi connectivity index (χ1) is 6.65. The van der Waals surface area contributed by atoms with E-state index in [1.54, 1.807) is 24.3 Å². The van der Waals surface area contributed by atoms with Gasteiger partial charge in [0, 0.05) is 12.8 Å². The van der Waals surface area contributed by atoms with Gasteiger partial charge < -0.3 is 5.11 Å². The molecule has 0 heterocycles. The van der Waals surface area contributed by atoms with Crippen molar-refractivity contribution in [1.29, 1.82) is 0 Å². The molecule has 0 spiro atoms. The van der Waals surface area contributed by atoms with E-state index in [9.17, 15) is 9.59 Å². The van der Waals surface area contributed by atoms with E-state index >= 15 is 0 Å². The highest BCUT2D eigenvalue weighted by atomic mass is 16.4. The Bertz CT molecular complexity index is 373. The molecule has 1 N–H and O–H groups in total. The lowest BCUT2D eigenvalue weighted by molar-refractivity contribution is -0.153. The molecular formula is C11H10O3. The molecule has 1 aliphatic carbocycles. The van der Waals surface area contributed by atoms with Gasteiger partial charge in [0.15, 0.2) is 0 Å². The molecule has 0 bridgehead atoms. The molecule has 72 valence electrons. The molecule has 1 saturated carbocycles. The van der Waals surface area contributed by atoms with Gasteiger partial charge in [0.2, 0.25) is 0 Å². The fourth-order valence-electron chi connectivity index (χ4n) is 1.86. The second kappa shape index (κ2) is 2.94. The minimum absolute atomic E-state index is 0.0243. The summed E-state index contributed by atoms with van der Waals surface area (Å²) in [5.41, 5.74) is -0.217. The summed E-state index contributed by atoms with van der Waals surface area (Å²) >= 11 is 0. The van der Waals surface area contributed by atoms with Crippen molar-refractivity contribution in [2.45, 2.75) is 18.3 Å². The smallest absolute Gasteiger partial charge is 0.315 e. The SMILES string of the molecule is O=C1CC(C(=O)O)(c2ccccc2)C1. The molecule has 14 heavy (non-hydrogen) atoms. The van der Waals surface area contributed by atoms with E-state index < -0.39 is 11.4 Å². The normalized spacial score (nSPS) is 18.7. The second-order valence-electron chi connectivity index (χ2n) is 3.65. The predicted molar refractivity (Wildman–Crippen MR) is 50.0 cm³/mol. The molecule has 0 unspecified atom stereocenters. The minimum Gasteiger partial charge on any atom is -0.481 e. The fraction of sp³-hybridized carbons (Fsp3) is 0.273. The molecule has 1 aromatic carbocycles. The molecule has 0 aromatic heterocycles. The summed E-state index contributed by atoms with van der Waals surface area (Å²) in [5.74, 6) is -0.875. The highest BCUT2D eigenvalue weighted by Crippen LogP contribution is 2.41. The molecule has 3 heteroatoms. The van der Waals surface area contributed by atoms with E-state index in [4.69, 9.17) is 5.11 Å². The van der Waals surface area contributed by atoms with E-state index in [1.807, 2.05) is 6.07 Å². The average molecular weight is 190 g/mol. The number of carbonyl (C=O) groups is 2. The fourth-order valence-corrected chi connectivity index (χ4v) is 1.86. The number of rotatable bonds is 2. The maximum atomic E-state index is 11.1. The first-order valence-corrected chi connectivity index (χ1v) is 4.46. The number of hydrogen-bond donors (Lipinski definition) is 1. The third-order valence-corrected chi connectivity index (χ3v) is 2.73. The van der Waals surface area contributed by atoms with Gasteiger partial charge in [-0.15, -0.1) is 0 Å². The monoisotopic (exact) mass is 190 g/mol. The Labute approximate surface area is 81.4 Å². The second-order valence-corrected chi connectivity index (χ2v) is 3.65. The highest BCUT2D eigenvalue weighted by Gasteiger charge is 2.51. The Morgan fingerprint density at radius 3 is 2.21 bits per heavy atom. The zero-order valence-electron chi connectivity index (χ0n) is 7.56. The van der Waals surface area contributed by atoms with Crippen molar-refractivity contribution in [2.75, 3.05) is 0 Å². The van der Waals surface area contributed by atoms with Crippen LogP contribution in [0.15, 0.2) is 30.3 Å². The molecule has 2 rings (SSSR count). The Morgan fingerprint density at radius 1 is 1.21 bits per heavy atom. The molecule has 1 aromatic rings.